The third-order valence-corrected chi connectivity index (χ3v) is 7.26. The number of carbonyl (C=O) groups is 1. The summed E-state index contributed by atoms with van der Waals surface area (Å²) >= 11 is 0. The Hall–Kier alpha value is -3.32. The number of hydrogen-bond acceptors (Lipinski definition) is 6. The van der Waals surface area contributed by atoms with Crippen LogP contribution in [0.4, 0.5) is 0 Å². The highest BCUT2D eigenvalue weighted by molar-refractivity contribution is 5.93. The predicted octanol–water partition coefficient (Wildman–Crippen LogP) is 4.00. The summed E-state index contributed by atoms with van der Waals surface area (Å²) in [6, 6.07) is 14.2. The number of rotatable bonds is 5. The van der Waals surface area contributed by atoms with Gasteiger partial charge in [0.2, 0.25) is 0 Å². The molecule has 7 heteroatoms. The summed E-state index contributed by atoms with van der Waals surface area (Å²) in [6.07, 6.45) is 4.58. The molecule has 2 heterocycles. The largest absolute Gasteiger partial charge is 0.497 e. The lowest BCUT2D eigenvalue weighted by molar-refractivity contribution is -0.145. The Kier molecular flexibility index (Phi) is 6.04. The Balaban J connectivity index is 1.30. The van der Waals surface area contributed by atoms with Gasteiger partial charge in [-0.1, -0.05) is 25.0 Å². The standard InChI is InChI=1S/C27H29NO6/c1-32-20-7-5-18(6-8-20)23-15-26(30)34-24-14-21(9-10-22(23)24)33-17-25(29)28-13-12-27(31)11-3-2-4-19(27)16-28/h5-10,14-15,19,31H,2-4,11-13,16-17H2,1H3/t19-,27+/m0/s1. The number of hydrogen-bond donors (Lipinski definition) is 1. The van der Waals surface area contributed by atoms with Gasteiger partial charge in [0.05, 0.1) is 12.7 Å². The highest BCUT2D eigenvalue weighted by atomic mass is 16.5. The second kappa shape index (κ2) is 9.14. The highest BCUT2D eigenvalue weighted by Gasteiger charge is 2.43. The van der Waals surface area contributed by atoms with Gasteiger partial charge in [-0.3, -0.25) is 4.79 Å². The summed E-state index contributed by atoms with van der Waals surface area (Å²) in [7, 11) is 1.61. The first-order chi connectivity index (χ1) is 16.4. The van der Waals surface area contributed by atoms with Crippen LogP contribution in [0.2, 0.25) is 0 Å². The SMILES string of the molecule is COc1ccc(-c2cc(=O)oc3cc(OCC(=O)N4CC[C@]5(O)CCCC[C@H]5C4)ccc23)cc1. The summed E-state index contributed by atoms with van der Waals surface area (Å²) in [5, 5.41) is 11.6. The number of piperidine rings is 1. The third-order valence-electron chi connectivity index (χ3n) is 7.26. The van der Waals surface area contributed by atoms with E-state index in [0.29, 0.717) is 30.8 Å². The van der Waals surface area contributed by atoms with Crippen LogP contribution in [0.5, 0.6) is 11.5 Å². The Morgan fingerprint density at radius 2 is 1.91 bits per heavy atom. The number of amides is 1. The zero-order chi connectivity index (χ0) is 23.7. The lowest BCUT2D eigenvalue weighted by atomic mass is 9.71. The average molecular weight is 464 g/mol. The van der Waals surface area contributed by atoms with Crippen molar-refractivity contribution in [2.24, 2.45) is 5.92 Å². The molecule has 1 aliphatic heterocycles. The van der Waals surface area contributed by atoms with Gasteiger partial charge < -0.3 is 23.9 Å². The second-order valence-corrected chi connectivity index (χ2v) is 9.29. The van der Waals surface area contributed by atoms with Gasteiger partial charge in [-0.25, -0.2) is 4.79 Å². The number of carbonyl (C=O) groups excluding carboxylic acids is 1. The minimum absolute atomic E-state index is 0.0962. The first-order valence-electron chi connectivity index (χ1n) is 11.8. The highest BCUT2D eigenvalue weighted by Crippen LogP contribution is 2.39. The van der Waals surface area contributed by atoms with Gasteiger partial charge in [0.15, 0.2) is 6.61 Å². The molecule has 0 bridgehead atoms. The molecule has 178 valence electrons. The smallest absolute Gasteiger partial charge is 0.336 e. The van der Waals surface area contributed by atoms with E-state index in [-0.39, 0.29) is 18.4 Å². The van der Waals surface area contributed by atoms with Crippen molar-refractivity contribution in [1.82, 2.24) is 4.90 Å². The maximum atomic E-state index is 12.8. The molecule has 0 unspecified atom stereocenters. The average Bonchev–Trinajstić information content (AvgIpc) is 2.86. The molecule has 2 atom stereocenters. The molecule has 7 nitrogen and oxygen atoms in total. The molecule has 1 aromatic heterocycles. The quantitative estimate of drug-likeness (QED) is 0.576. The van der Waals surface area contributed by atoms with Crippen LogP contribution in [0.3, 0.4) is 0 Å². The molecule has 2 aromatic carbocycles. The van der Waals surface area contributed by atoms with E-state index in [4.69, 9.17) is 13.9 Å². The van der Waals surface area contributed by atoms with Crippen molar-refractivity contribution in [2.45, 2.75) is 37.7 Å². The maximum absolute atomic E-state index is 12.8. The van der Waals surface area contributed by atoms with Gasteiger partial charge in [-0.05, 0) is 54.7 Å². The van der Waals surface area contributed by atoms with Crippen LogP contribution < -0.4 is 15.1 Å². The predicted molar refractivity (Wildman–Crippen MR) is 128 cm³/mol. The van der Waals surface area contributed by atoms with Crippen LogP contribution in [0, 0.1) is 5.92 Å². The van der Waals surface area contributed by atoms with Crippen molar-refractivity contribution >= 4 is 16.9 Å². The van der Waals surface area contributed by atoms with Crippen molar-refractivity contribution < 1.29 is 23.8 Å². The van der Waals surface area contributed by atoms with Crippen LogP contribution in [-0.2, 0) is 4.79 Å². The lowest BCUT2D eigenvalue weighted by Crippen LogP contribution is -2.55. The number of aliphatic hydroxyl groups is 1. The third kappa shape index (κ3) is 4.40. The Bertz CT molecular complexity index is 1250. The summed E-state index contributed by atoms with van der Waals surface area (Å²) in [4.78, 5) is 26.8. The molecule has 1 amide bonds. The van der Waals surface area contributed by atoms with Crippen molar-refractivity contribution in [3.05, 3.63) is 59.0 Å². The molecule has 1 aliphatic carbocycles. The molecular formula is C27H29NO6. The molecule has 1 N–H and O–H groups in total. The maximum Gasteiger partial charge on any atom is 0.336 e. The summed E-state index contributed by atoms with van der Waals surface area (Å²) < 4.78 is 16.4. The minimum Gasteiger partial charge on any atom is -0.497 e. The van der Waals surface area contributed by atoms with E-state index in [0.717, 1.165) is 47.9 Å². The monoisotopic (exact) mass is 463 g/mol. The van der Waals surface area contributed by atoms with Crippen LogP contribution in [0.25, 0.3) is 22.1 Å². The van der Waals surface area contributed by atoms with Crippen molar-refractivity contribution in [3.63, 3.8) is 0 Å². The van der Waals surface area contributed by atoms with E-state index >= 15 is 0 Å². The molecule has 3 aromatic rings. The molecule has 2 aliphatic rings. The number of methoxy groups -OCH3 is 1. The second-order valence-electron chi connectivity index (χ2n) is 9.29. The number of benzene rings is 2. The van der Waals surface area contributed by atoms with E-state index in [1.165, 1.54) is 6.07 Å². The van der Waals surface area contributed by atoms with Gasteiger partial charge in [-0.2, -0.15) is 0 Å². The Morgan fingerprint density at radius 3 is 2.71 bits per heavy atom. The minimum atomic E-state index is -0.618. The van der Waals surface area contributed by atoms with E-state index in [2.05, 4.69) is 0 Å². The Labute approximate surface area is 197 Å². The lowest BCUT2D eigenvalue weighted by Gasteiger charge is -2.47. The topological polar surface area (TPSA) is 89.2 Å². The molecule has 34 heavy (non-hydrogen) atoms. The van der Waals surface area contributed by atoms with Crippen molar-refractivity contribution in [1.29, 1.82) is 0 Å². The first kappa shape index (κ1) is 22.5. The number of likely N-dealkylation sites (tertiary alicyclic amines) is 1. The summed E-state index contributed by atoms with van der Waals surface area (Å²) in [6.45, 7) is 1.03. The zero-order valence-corrected chi connectivity index (χ0v) is 19.3. The van der Waals surface area contributed by atoms with Gasteiger partial charge in [0.1, 0.15) is 17.1 Å². The van der Waals surface area contributed by atoms with E-state index in [1.54, 1.807) is 24.1 Å². The van der Waals surface area contributed by atoms with Crippen LogP contribution >= 0.6 is 0 Å². The van der Waals surface area contributed by atoms with Crippen LogP contribution in [0.15, 0.2) is 57.7 Å². The fourth-order valence-corrected chi connectivity index (χ4v) is 5.28. The summed E-state index contributed by atoms with van der Waals surface area (Å²) in [5.41, 5.74) is 0.946. The fourth-order valence-electron chi connectivity index (χ4n) is 5.28. The molecule has 0 spiro atoms. The van der Waals surface area contributed by atoms with E-state index in [9.17, 15) is 14.7 Å². The van der Waals surface area contributed by atoms with E-state index < -0.39 is 11.2 Å². The van der Waals surface area contributed by atoms with Gasteiger partial charge in [0.25, 0.3) is 5.91 Å². The molecular weight excluding hydrogens is 434 g/mol. The molecule has 1 saturated carbocycles. The summed E-state index contributed by atoms with van der Waals surface area (Å²) in [5.74, 6) is 1.24. The number of fused-ring (bicyclic) bond motifs is 2. The number of ether oxygens (including phenoxy) is 2. The number of nitrogens with zero attached hydrogens (tertiary/aromatic N) is 1. The Morgan fingerprint density at radius 1 is 1.12 bits per heavy atom. The van der Waals surface area contributed by atoms with Crippen molar-refractivity contribution in [2.75, 3.05) is 26.8 Å². The zero-order valence-electron chi connectivity index (χ0n) is 19.3. The van der Waals surface area contributed by atoms with E-state index in [1.807, 2.05) is 30.3 Å². The molecule has 0 radical (unpaired) electrons. The van der Waals surface area contributed by atoms with Gasteiger partial charge in [0, 0.05) is 36.5 Å². The molecule has 2 fully saturated rings. The molecule has 5 rings (SSSR count). The van der Waals surface area contributed by atoms with Crippen LogP contribution in [0.1, 0.15) is 32.1 Å². The first-order valence-corrected chi connectivity index (χ1v) is 11.8. The molecule has 1 saturated heterocycles. The van der Waals surface area contributed by atoms with Gasteiger partial charge in [-0.15, -0.1) is 0 Å². The van der Waals surface area contributed by atoms with Gasteiger partial charge >= 0.3 is 5.63 Å². The van der Waals surface area contributed by atoms with Crippen molar-refractivity contribution in [3.8, 4) is 22.6 Å². The van der Waals surface area contributed by atoms with Crippen LogP contribution in [-0.4, -0.2) is 48.3 Å². The fraction of sp³-hybridized carbons (Fsp3) is 0.407. The normalized spacial score (nSPS) is 22.3.